The van der Waals surface area contributed by atoms with Crippen LogP contribution in [0.1, 0.15) is 48.3 Å². The monoisotopic (exact) mass is 401 g/mol. The van der Waals surface area contributed by atoms with Gasteiger partial charge in [-0.25, -0.2) is 0 Å². The highest BCUT2D eigenvalue weighted by Gasteiger charge is 2.46. The van der Waals surface area contributed by atoms with E-state index < -0.39 is 17.7 Å². The SMILES string of the molecule is CC(C)c1ccc(C2/C(=C(\O)c3ccccc3)C(=O)C(=O)N2Cc2ccco2)cc1. The topological polar surface area (TPSA) is 70.8 Å². The number of benzene rings is 2. The Morgan fingerprint density at radius 3 is 2.30 bits per heavy atom. The molecule has 2 aromatic carbocycles. The van der Waals surface area contributed by atoms with Crippen molar-refractivity contribution < 1.29 is 19.1 Å². The Morgan fingerprint density at radius 1 is 1.00 bits per heavy atom. The maximum absolute atomic E-state index is 13.0. The summed E-state index contributed by atoms with van der Waals surface area (Å²) in [6, 6.07) is 19.4. The van der Waals surface area contributed by atoms with Crippen molar-refractivity contribution in [2.45, 2.75) is 32.4 Å². The summed E-state index contributed by atoms with van der Waals surface area (Å²) >= 11 is 0. The lowest BCUT2D eigenvalue weighted by molar-refractivity contribution is -0.140. The second-order valence-corrected chi connectivity index (χ2v) is 7.69. The van der Waals surface area contributed by atoms with Gasteiger partial charge in [0.2, 0.25) is 0 Å². The summed E-state index contributed by atoms with van der Waals surface area (Å²) in [5, 5.41) is 11.0. The molecule has 1 saturated heterocycles. The van der Waals surface area contributed by atoms with Crippen LogP contribution in [0.15, 0.2) is 83.0 Å². The van der Waals surface area contributed by atoms with Gasteiger partial charge in [-0.3, -0.25) is 9.59 Å². The van der Waals surface area contributed by atoms with E-state index in [0.717, 1.165) is 11.1 Å². The minimum absolute atomic E-state index is 0.0926. The first-order chi connectivity index (χ1) is 14.5. The number of likely N-dealkylation sites (tertiary alicyclic amines) is 1. The van der Waals surface area contributed by atoms with E-state index in [1.165, 1.54) is 11.2 Å². The largest absolute Gasteiger partial charge is 0.507 e. The van der Waals surface area contributed by atoms with Crippen LogP contribution in [0.2, 0.25) is 0 Å². The summed E-state index contributed by atoms with van der Waals surface area (Å²) in [6.07, 6.45) is 1.53. The number of hydrogen-bond donors (Lipinski definition) is 1. The molecule has 0 bridgehead atoms. The molecule has 30 heavy (non-hydrogen) atoms. The second-order valence-electron chi connectivity index (χ2n) is 7.69. The average molecular weight is 401 g/mol. The smallest absolute Gasteiger partial charge is 0.296 e. The lowest BCUT2D eigenvalue weighted by Crippen LogP contribution is -2.29. The van der Waals surface area contributed by atoms with Gasteiger partial charge < -0.3 is 14.4 Å². The van der Waals surface area contributed by atoms with E-state index in [1.807, 2.05) is 30.3 Å². The fourth-order valence-corrected chi connectivity index (χ4v) is 3.77. The van der Waals surface area contributed by atoms with Crippen LogP contribution in [0.25, 0.3) is 5.76 Å². The van der Waals surface area contributed by atoms with Gasteiger partial charge in [0.05, 0.1) is 24.4 Å². The molecular weight excluding hydrogens is 378 g/mol. The van der Waals surface area contributed by atoms with Crippen LogP contribution in [0.4, 0.5) is 0 Å². The van der Waals surface area contributed by atoms with Gasteiger partial charge in [0.1, 0.15) is 11.5 Å². The molecule has 3 aromatic rings. The van der Waals surface area contributed by atoms with E-state index in [0.29, 0.717) is 17.2 Å². The number of aliphatic hydroxyl groups is 1. The van der Waals surface area contributed by atoms with Crippen LogP contribution in [-0.2, 0) is 16.1 Å². The van der Waals surface area contributed by atoms with Gasteiger partial charge in [0.25, 0.3) is 11.7 Å². The minimum Gasteiger partial charge on any atom is -0.507 e. The van der Waals surface area contributed by atoms with Gasteiger partial charge in [-0.05, 0) is 29.2 Å². The number of nitrogens with zero attached hydrogens (tertiary/aromatic N) is 1. The molecule has 5 heteroatoms. The highest BCUT2D eigenvalue weighted by molar-refractivity contribution is 6.46. The first-order valence-corrected chi connectivity index (χ1v) is 9.93. The zero-order chi connectivity index (χ0) is 21.3. The van der Waals surface area contributed by atoms with Crippen LogP contribution >= 0.6 is 0 Å². The van der Waals surface area contributed by atoms with E-state index in [9.17, 15) is 14.7 Å². The molecular formula is C25H23NO4. The standard InChI is InChI=1S/C25H23NO4/c1-16(2)17-10-12-18(13-11-17)22-21(23(27)19-7-4-3-5-8-19)24(28)25(29)26(22)15-20-9-6-14-30-20/h3-14,16,22,27H,15H2,1-2H3/b23-21+. The lowest BCUT2D eigenvalue weighted by atomic mass is 9.93. The highest BCUT2D eigenvalue weighted by atomic mass is 16.3. The van der Waals surface area contributed by atoms with E-state index in [2.05, 4.69) is 13.8 Å². The predicted octanol–water partition coefficient (Wildman–Crippen LogP) is 5.02. The summed E-state index contributed by atoms with van der Waals surface area (Å²) in [5.41, 5.74) is 2.51. The third-order valence-corrected chi connectivity index (χ3v) is 5.41. The van der Waals surface area contributed by atoms with Crippen molar-refractivity contribution in [1.82, 2.24) is 4.90 Å². The van der Waals surface area contributed by atoms with Crippen molar-refractivity contribution in [2.24, 2.45) is 0 Å². The normalized spacial score (nSPS) is 18.4. The number of carbonyl (C=O) groups is 2. The van der Waals surface area contributed by atoms with Crippen LogP contribution < -0.4 is 0 Å². The number of Topliss-reactive ketones (excluding diaryl/α,β-unsaturated/α-hetero) is 1. The molecule has 0 radical (unpaired) electrons. The van der Waals surface area contributed by atoms with Gasteiger partial charge in [-0.15, -0.1) is 0 Å². The average Bonchev–Trinajstić information content (AvgIpc) is 3.36. The van der Waals surface area contributed by atoms with Crippen molar-refractivity contribution in [3.8, 4) is 0 Å². The van der Waals surface area contributed by atoms with Gasteiger partial charge in [0.15, 0.2) is 0 Å². The Hall–Kier alpha value is -3.60. The number of amides is 1. The molecule has 0 saturated carbocycles. The summed E-state index contributed by atoms with van der Waals surface area (Å²) < 4.78 is 5.41. The van der Waals surface area contributed by atoms with E-state index in [1.54, 1.807) is 36.4 Å². The Bertz CT molecular complexity index is 1080. The summed E-state index contributed by atoms with van der Waals surface area (Å²) in [6.45, 7) is 4.35. The molecule has 1 aliphatic heterocycles. The van der Waals surface area contributed by atoms with Gasteiger partial charge in [-0.2, -0.15) is 0 Å². The Balaban J connectivity index is 1.85. The Labute approximate surface area is 175 Å². The summed E-state index contributed by atoms with van der Waals surface area (Å²) in [7, 11) is 0. The first kappa shape index (κ1) is 19.7. The van der Waals surface area contributed by atoms with Crippen LogP contribution in [-0.4, -0.2) is 21.7 Å². The van der Waals surface area contributed by atoms with Crippen LogP contribution in [0, 0.1) is 0 Å². The fraction of sp³-hybridized carbons (Fsp3) is 0.200. The minimum atomic E-state index is -0.698. The van der Waals surface area contributed by atoms with Gasteiger partial charge in [-0.1, -0.05) is 68.4 Å². The van der Waals surface area contributed by atoms with Crippen molar-refractivity contribution in [3.63, 3.8) is 0 Å². The number of aliphatic hydroxyl groups excluding tert-OH is 1. The summed E-state index contributed by atoms with van der Waals surface area (Å²) in [4.78, 5) is 27.4. The molecule has 1 unspecified atom stereocenters. The number of ketones is 1. The summed E-state index contributed by atoms with van der Waals surface area (Å²) in [5.74, 6) is -0.588. The van der Waals surface area contributed by atoms with Crippen molar-refractivity contribution in [2.75, 3.05) is 0 Å². The third-order valence-electron chi connectivity index (χ3n) is 5.41. The fourth-order valence-electron chi connectivity index (χ4n) is 3.77. The molecule has 1 aliphatic rings. The highest BCUT2D eigenvalue weighted by Crippen LogP contribution is 2.40. The number of carbonyl (C=O) groups excluding carboxylic acids is 2. The quantitative estimate of drug-likeness (QED) is 0.370. The lowest BCUT2D eigenvalue weighted by Gasteiger charge is -2.25. The first-order valence-electron chi connectivity index (χ1n) is 9.93. The van der Waals surface area contributed by atoms with Gasteiger partial charge >= 0.3 is 0 Å². The number of furan rings is 1. The van der Waals surface area contributed by atoms with E-state index in [-0.39, 0.29) is 17.9 Å². The molecule has 2 heterocycles. The zero-order valence-electron chi connectivity index (χ0n) is 16.9. The molecule has 1 aromatic heterocycles. The second kappa shape index (κ2) is 8.03. The van der Waals surface area contributed by atoms with Gasteiger partial charge in [0, 0.05) is 5.56 Å². The molecule has 0 aliphatic carbocycles. The van der Waals surface area contributed by atoms with Crippen molar-refractivity contribution in [3.05, 3.63) is 101 Å². The Morgan fingerprint density at radius 2 is 1.70 bits per heavy atom. The molecule has 0 spiro atoms. The molecule has 5 nitrogen and oxygen atoms in total. The maximum Gasteiger partial charge on any atom is 0.296 e. The van der Waals surface area contributed by atoms with E-state index in [4.69, 9.17) is 4.42 Å². The number of hydrogen-bond acceptors (Lipinski definition) is 4. The molecule has 1 atom stereocenters. The zero-order valence-corrected chi connectivity index (χ0v) is 16.9. The molecule has 4 rings (SSSR count). The third kappa shape index (κ3) is 3.54. The predicted molar refractivity (Wildman–Crippen MR) is 114 cm³/mol. The molecule has 1 N–H and O–H groups in total. The Kier molecular flexibility index (Phi) is 5.27. The molecule has 152 valence electrons. The maximum atomic E-state index is 13.0. The molecule has 1 fully saturated rings. The van der Waals surface area contributed by atoms with Crippen molar-refractivity contribution >= 4 is 17.4 Å². The van der Waals surface area contributed by atoms with E-state index >= 15 is 0 Å². The van der Waals surface area contributed by atoms with Crippen LogP contribution in [0.5, 0.6) is 0 Å². The molecule has 1 amide bonds. The van der Waals surface area contributed by atoms with Crippen molar-refractivity contribution in [1.29, 1.82) is 0 Å². The van der Waals surface area contributed by atoms with Crippen LogP contribution in [0.3, 0.4) is 0 Å². The number of rotatable bonds is 5.